The van der Waals surface area contributed by atoms with Crippen LogP contribution in [-0.2, 0) is 11.3 Å². The highest BCUT2D eigenvalue weighted by Crippen LogP contribution is 2.50. The number of primary amides is 1. The summed E-state index contributed by atoms with van der Waals surface area (Å²) in [6.45, 7) is 7.59. The summed E-state index contributed by atoms with van der Waals surface area (Å²) in [7, 11) is 0. The Morgan fingerprint density at radius 2 is 1.72 bits per heavy atom. The number of aromatic amines is 1. The van der Waals surface area contributed by atoms with Gasteiger partial charge in [-0.3, -0.25) is 23.9 Å². The van der Waals surface area contributed by atoms with Gasteiger partial charge in [-0.15, -0.1) is 0 Å². The predicted molar refractivity (Wildman–Crippen MR) is 110 cm³/mol. The lowest BCUT2D eigenvalue weighted by Crippen LogP contribution is -2.40. The number of nitrogens with two attached hydrogens (primary N) is 1. The van der Waals surface area contributed by atoms with Gasteiger partial charge in [-0.25, -0.2) is 4.79 Å². The zero-order valence-electron chi connectivity index (χ0n) is 17.3. The lowest BCUT2D eigenvalue weighted by Gasteiger charge is -2.21. The van der Waals surface area contributed by atoms with Crippen LogP contribution in [0.3, 0.4) is 0 Å². The van der Waals surface area contributed by atoms with Crippen molar-refractivity contribution in [1.29, 1.82) is 0 Å². The number of carbonyl (C=O) groups is 2. The third-order valence-corrected chi connectivity index (χ3v) is 5.51. The van der Waals surface area contributed by atoms with Gasteiger partial charge >= 0.3 is 5.69 Å². The first-order valence-corrected chi connectivity index (χ1v) is 9.81. The molecule has 0 bridgehead atoms. The molecule has 0 saturated heterocycles. The van der Waals surface area contributed by atoms with Crippen LogP contribution in [0.4, 0.5) is 0 Å². The van der Waals surface area contributed by atoms with Crippen molar-refractivity contribution in [2.24, 2.45) is 11.1 Å². The van der Waals surface area contributed by atoms with E-state index in [1.54, 1.807) is 12.1 Å². The molecule has 1 aromatic heterocycles. The number of amides is 1. The predicted octanol–water partition coefficient (Wildman–Crippen LogP) is 2.16. The van der Waals surface area contributed by atoms with E-state index in [9.17, 15) is 19.2 Å². The van der Waals surface area contributed by atoms with Crippen molar-refractivity contribution in [3.8, 4) is 0 Å². The van der Waals surface area contributed by atoms with Gasteiger partial charge < -0.3 is 5.73 Å². The van der Waals surface area contributed by atoms with Crippen molar-refractivity contribution < 1.29 is 9.59 Å². The molecule has 1 saturated carbocycles. The minimum atomic E-state index is -0.636. The third kappa shape index (κ3) is 4.23. The van der Waals surface area contributed by atoms with Crippen LogP contribution in [-0.4, -0.2) is 21.2 Å². The smallest absolute Gasteiger partial charge is 0.328 e. The maximum atomic E-state index is 13.5. The summed E-state index contributed by atoms with van der Waals surface area (Å²) in [5, 5.41) is 0. The van der Waals surface area contributed by atoms with Crippen molar-refractivity contribution in [2.75, 3.05) is 0 Å². The van der Waals surface area contributed by atoms with Crippen molar-refractivity contribution in [3.63, 3.8) is 0 Å². The fraction of sp³-hybridized carbons (Fsp3) is 0.455. The summed E-state index contributed by atoms with van der Waals surface area (Å²) in [6, 6.07) is 5.47. The van der Waals surface area contributed by atoms with Crippen LogP contribution in [0.5, 0.6) is 0 Å². The summed E-state index contributed by atoms with van der Waals surface area (Å²) in [4.78, 5) is 52.7. The van der Waals surface area contributed by atoms with Crippen LogP contribution in [0.1, 0.15) is 71.8 Å². The minimum absolute atomic E-state index is 0.106. The molecule has 7 heteroatoms. The first-order chi connectivity index (χ1) is 13.5. The normalized spacial score (nSPS) is 14.8. The van der Waals surface area contributed by atoms with E-state index in [1.807, 2.05) is 33.8 Å². The number of ketones is 1. The molecular weight excluding hydrogens is 370 g/mol. The van der Waals surface area contributed by atoms with Crippen molar-refractivity contribution >= 4 is 11.7 Å². The molecule has 0 spiro atoms. The average molecular weight is 397 g/mol. The summed E-state index contributed by atoms with van der Waals surface area (Å²) in [6.07, 6.45) is 1.64. The summed E-state index contributed by atoms with van der Waals surface area (Å²) >= 11 is 0. The van der Waals surface area contributed by atoms with Crippen LogP contribution in [0.25, 0.3) is 0 Å². The number of benzene rings is 1. The van der Waals surface area contributed by atoms with E-state index in [-0.39, 0.29) is 35.9 Å². The van der Waals surface area contributed by atoms with Crippen LogP contribution < -0.4 is 17.0 Å². The highest BCUT2D eigenvalue weighted by Gasteiger charge is 2.45. The molecule has 0 atom stereocenters. The number of H-pyrrole nitrogens is 1. The largest absolute Gasteiger partial charge is 0.370 e. The number of nitrogens with zero attached hydrogens (tertiary/aromatic N) is 1. The second-order valence-electron chi connectivity index (χ2n) is 8.61. The van der Waals surface area contributed by atoms with Crippen LogP contribution in [0, 0.1) is 19.3 Å². The van der Waals surface area contributed by atoms with E-state index in [1.165, 1.54) is 4.57 Å². The molecular formula is C22H27N3O4. The van der Waals surface area contributed by atoms with Gasteiger partial charge in [0, 0.05) is 24.1 Å². The SMILES string of the molecule is Cc1cc(C)cc(C(=O)c2c(C(C)C)c(=O)[nH]c(=O)n2CC2(CC(N)=O)CC2)c1. The Bertz CT molecular complexity index is 1080. The van der Waals surface area contributed by atoms with E-state index in [4.69, 9.17) is 5.73 Å². The molecule has 1 heterocycles. The van der Waals surface area contributed by atoms with E-state index in [0.29, 0.717) is 5.56 Å². The standard InChI is InChI=1S/C22H27N3O4/c1-12(2)17-18(19(27)15-8-13(3)7-14(4)9-15)25(21(29)24-20(17)28)11-22(5-6-22)10-16(23)26/h7-9,12H,5-6,10-11H2,1-4H3,(H2,23,26)(H,24,28,29). The van der Waals surface area contributed by atoms with Crippen molar-refractivity contribution in [2.45, 2.75) is 59.4 Å². The van der Waals surface area contributed by atoms with Gasteiger partial charge in [0.1, 0.15) is 5.69 Å². The molecule has 0 unspecified atom stereocenters. The zero-order chi connectivity index (χ0) is 21.5. The maximum absolute atomic E-state index is 13.5. The van der Waals surface area contributed by atoms with Gasteiger partial charge in [-0.1, -0.05) is 31.0 Å². The van der Waals surface area contributed by atoms with E-state index in [0.717, 1.165) is 24.0 Å². The van der Waals surface area contributed by atoms with E-state index < -0.39 is 22.6 Å². The summed E-state index contributed by atoms with van der Waals surface area (Å²) in [5.41, 5.74) is 6.43. The number of hydrogen-bond donors (Lipinski definition) is 2. The topological polar surface area (TPSA) is 115 Å². The molecule has 1 fully saturated rings. The number of hydrogen-bond acceptors (Lipinski definition) is 4. The van der Waals surface area contributed by atoms with Crippen molar-refractivity contribution in [1.82, 2.24) is 9.55 Å². The van der Waals surface area contributed by atoms with E-state index in [2.05, 4.69) is 4.98 Å². The lowest BCUT2D eigenvalue weighted by molar-refractivity contribution is -0.119. The molecule has 2 aromatic rings. The molecule has 1 aliphatic carbocycles. The zero-order valence-corrected chi connectivity index (χ0v) is 17.3. The fourth-order valence-electron chi connectivity index (χ4n) is 4.03. The monoisotopic (exact) mass is 397 g/mol. The Morgan fingerprint density at radius 3 is 2.21 bits per heavy atom. The summed E-state index contributed by atoms with van der Waals surface area (Å²) < 4.78 is 1.34. The van der Waals surface area contributed by atoms with Crippen molar-refractivity contribution in [3.05, 3.63) is 67.0 Å². The second-order valence-corrected chi connectivity index (χ2v) is 8.61. The Kier molecular flexibility index (Phi) is 5.34. The van der Waals surface area contributed by atoms with Gasteiger partial charge in [0.05, 0.1) is 0 Å². The molecule has 0 radical (unpaired) electrons. The van der Waals surface area contributed by atoms with Crippen LogP contribution in [0.2, 0.25) is 0 Å². The van der Waals surface area contributed by atoms with Gasteiger partial charge in [0.25, 0.3) is 5.56 Å². The molecule has 3 rings (SSSR count). The number of aromatic nitrogens is 2. The Labute approximate surface area is 168 Å². The van der Waals surface area contributed by atoms with Gasteiger partial charge in [-0.05, 0) is 50.2 Å². The van der Waals surface area contributed by atoms with Gasteiger partial charge in [-0.2, -0.15) is 0 Å². The molecule has 1 aromatic carbocycles. The Hall–Kier alpha value is -2.96. The third-order valence-electron chi connectivity index (χ3n) is 5.51. The minimum Gasteiger partial charge on any atom is -0.370 e. The quantitative estimate of drug-likeness (QED) is 0.697. The second kappa shape index (κ2) is 7.46. The first-order valence-electron chi connectivity index (χ1n) is 9.81. The molecule has 1 amide bonds. The first kappa shape index (κ1) is 20.8. The number of rotatable bonds is 7. The number of carbonyl (C=O) groups excluding carboxylic acids is 2. The van der Waals surface area contributed by atoms with Gasteiger partial charge in [0.2, 0.25) is 11.7 Å². The Balaban J connectivity index is 2.22. The number of aryl methyl sites for hydroxylation is 2. The highest BCUT2D eigenvalue weighted by atomic mass is 16.2. The van der Waals surface area contributed by atoms with E-state index >= 15 is 0 Å². The fourth-order valence-corrected chi connectivity index (χ4v) is 4.03. The van der Waals surface area contributed by atoms with Gasteiger partial charge in [0.15, 0.2) is 0 Å². The summed E-state index contributed by atoms with van der Waals surface area (Å²) in [5.74, 6) is -1.06. The lowest BCUT2D eigenvalue weighted by atomic mass is 9.94. The molecule has 29 heavy (non-hydrogen) atoms. The maximum Gasteiger partial charge on any atom is 0.328 e. The molecule has 0 aliphatic heterocycles. The molecule has 7 nitrogen and oxygen atoms in total. The average Bonchev–Trinajstić information content (AvgIpc) is 3.33. The Morgan fingerprint density at radius 1 is 1.14 bits per heavy atom. The molecule has 1 aliphatic rings. The van der Waals surface area contributed by atoms with Crippen LogP contribution in [0.15, 0.2) is 27.8 Å². The molecule has 3 N–H and O–H groups in total. The molecule has 154 valence electrons. The highest BCUT2D eigenvalue weighted by molar-refractivity contribution is 6.09. The van der Waals surface area contributed by atoms with Crippen LogP contribution >= 0.6 is 0 Å². The number of nitrogens with one attached hydrogen (secondary N) is 1.